The highest BCUT2D eigenvalue weighted by Gasteiger charge is 2.07. The Bertz CT molecular complexity index is 777. The summed E-state index contributed by atoms with van der Waals surface area (Å²) in [6.07, 6.45) is 1.31. The SMILES string of the molecule is O=Cc1cc(-c2cccc3ccccc23)cc(C=O)n1. The van der Waals surface area contributed by atoms with Gasteiger partial charge in [-0.1, -0.05) is 42.5 Å². The molecule has 96 valence electrons. The van der Waals surface area contributed by atoms with E-state index < -0.39 is 0 Å². The molecule has 20 heavy (non-hydrogen) atoms. The average Bonchev–Trinajstić information content (AvgIpc) is 2.53. The standard InChI is InChI=1S/C17H11NO2/c19-10-14-8-13(9-15(11-20)18-14)17-7-3-5-12-4-1-2-6-16(12)17/h1-11H. The van der Waals surface area contributed by atoms with E-state index in [1.54, 1.807) is 12.1 Å². The molecule has 3 rings (SSSR count). The molecule has 0 unspecified atom stereocenters. The minimum Gasteiger partial charge on any atom is -0.296 e. The van der Waals surface area contributed by atoms with E-state index in [-0.39, 0.29) is 11.4 Å². The summed E-state index contributed by atoms with van der Waals surface area (Å²) >= 11 is 0. The van der Waals surface area contributed by atoms with Crippen molar-refractivity contribution in [1.29, 1.82) is 0 Å². The Morgan fingerprint density at radius 3 is 2.15 bits per heavy atom. The zero-order valence-corrected chi connectivity index (χ0v) is 10.6. The predicted molar refractivity (Wildman–Crippen MR) is 78.0 cm³/mol. The maximum absolute atomic E-state index is 10.9. The van der Waals surface area contributed by atoms with Crippen molar-refractivity contribution in [2.24, 2.45) is 0 Å². The van der Waals surface area contributed by atoms with Crippen LogP contribution in [-0.4, -0.2) is 17.6 Å². The second kappa shape index (κ2) is 5.05. The number of hydrogen-bond donors (Lipinski definition) is 0. The lowest BCUT2D eigenvalue weighted by Gasteiger charge is -2.08. The summed E-state index contributed by atoms with van der Waals surface area (Å²) in [5, 5.41) is 2.19. The Balaban J connectivity index is 2.30. The molecule has 0 radical (unpaired) electrons. The molecule has 2 aromatic carbocycles. The van der Waals surface area contributed by atoms with Crippen molar-refractivity contribution in [1.82, 2.24) is 4.98 Å². The van der Waals surface area contributed by atoms with Gasteiger partial charge in [0.25, 0.3) is 0 Å². The Labute approximate surface area is 115 Å². The molecule has 0 atom stereocenters. The highest BCUT2D eigenvalue weighted by molar-refractivity contribution is 5.97. The van der Waals surface area contributed by atoms with Crippen molar-refractivity contribution in [3.63, 3.8) is 0 Å². The van der Waals surface area contributed by atoms with Crippen LogP contribution in [0.4, 0.5) is 0 Å². The normalized spacial score (nSPS) is 10.4. The van der Waals surface area contributed by atoms with Crippen LogP contribution >= 0.6 is 0 Å². The number of aldehydes is 2. The molecule has 0 saturated carbocycles. The van der Waals surface area contributed by atoms with E-state index in [1.807, 2.05) is 42.5 Å². The van der Waals surface area contributed by atoms with Crippen LogP contribution in [0.15, 0.2) is 54.6 Å². The number of carbonyl (C=O) groups excluding carboxylic acids is 2. The summed E-state index contributed by atoms with van der Waals surface area (Å²) in [5.41, 5.74) is 2.33. The number of pyridine rings is 1. The van der Waals surface area contributed by atoms with Gasteiger partial charge in [-0.15, -0.1) is 0 Å². The Hall–Kier alpha value is -2.81. The van der Waals surface area contributed by atoms with Gasteiger partial charge in [0.1, 0.15) is 11.4 Å². The van der Waals surface area contributed by atoms with Crippen LogP contribution in [0.5, 0.6) is 0 Å². The van der Waals surface area contributed by atoms with Gasteiger partial charge in [0.2, 0.25) is 0 Å². The lowest BCUT2D eigenvalue weighted by atomic mass is 9.98. The molecule has 0 N–H and O–H groups in total. The maximum Gasteiger partial charge on any atom is 0.168 e. The fourth-order valence-electron chi connectivity index (χ4n) is 2.33. The third kappa shape index (κ3) is 2.10. The topological polar surface area (TPSA) is 47.0 Å². The molecule has 0 aliphatic heterocycles. The highest BCUT2D eigenvalue weighted by Crippen LogP contribution is 2.28. The number of carbonyl (C=O) groups is 2. The fraction of sp³-hybridized carbons (Fsp3) is 0. The van der Waals surface area contributed by atoms with Gasteiger partial charge in [0, 0.05) is 0 Å². The van der Waals surface area contributed by atoms with E-state index in [1.165, 1.54) is 0 Å². The summed E-state index contributed by atoms with van der Waals surface area (Å²) < 4.78 is 0. The van der Waals surface area contributed by atoms with Gasteiger partial charge in [-0.2, -0.15) is 0 Å². The Morgan fingerprint density at radius 1 is 0.800 bits per heavy atom. The van der Waals surface area contributed by atoms with E-state index in [4.69, 9.17) is 0 Å². The Kier molecular flexibility index (Phi) is 3.09. The minimum atomic E-state index is 0.262. The van der Waals surface area contributed by atoms with Crippen LogP contribution in [-0.2, 0) is 0 Å². The predicted octanol–water partition coefficient (Wildman–Crippen LogP) is 3.53. The number of aromatic nitrogens is 1. The molecule has 0 aliphatic rings. The molecule has 3 aromatic rings. The van der Waals surface area contributed by atoms with E-state index in [0.717, 1.165) is 21.9 Å². The lowest BCUT2D eigenvalue weighted by molar-refractivity contribution is 0.111. The molecule has 1 aromatic heterocycles. The first-order chi connectivity index (χ1) is 9.81. The van der Waals surface area contributed by atoms with Crippen molar-refractivity contribution >= 4 is 23.3 Å². The van der Waals surface area contributed by atoms with Crippen LogP contribution in [0, 0.1) is 0 Å². The van der Waals surface area contributed by atoms with Gasteiger partial charge in [-0.05, 0) is 34.0 Å². The largest absolute Gasteiger partial charge is 0.296 e. The number of benzene rings is 2. The molecular formula is C17H11NO2. The molecule has 0 bridgehead atoms. The smallest absolute Gasteiger partial charge is 0.168 e. The molecule has 1 heterocycles. The van der Waals surface area contributed by atoms with Crippen molar-refractivity contribution in [2.75, 3.05) is 0 Å². The fourth-order valence-corrected chi connectivity index (χ4v) is 2.33. The van der Waals surface area contributed by atoms with E-state index in [9.17, 15) is 9.59 Å². The van der Waals surface area contributed by atoms with E-state index in [2.05, 4.69) is 4.98 Å². The van der Waals surface area contributed by atoms with Gasteiger partial charge in [0.15, 0.2) is 12.6 Å². The van der Waals surface area contributed by atoms with Crippen LogP contribution in [0.25, 0.3) is 21.9 Å². The van der Waals surface area contributed by atoms with Crippen LogP contribution < -0.4 is 0 Å². The third-order valence-corrected chi connectivity index (χ3v) is 3.21. The summed E-state index contributed by atoms with van der Waals surface area (Å²) in [6, 6.07) is 17.3. The molecule has 3 heteroatoms. The van der Waals surface area contributed by atoms with Crippen LogP contribution in [0.1, 0.15) is 21.0 Å². The number of fused-ring (bicyclic) bond motifs is 1. The number of hydrogen-bond acceptors (Lipinski definition) is 3. The second-order valence-corrected chi connectivity index (χ2v) is 4.47. The lowest BCUT2D eigenvalue weighted by Crippen LogP contribution is -1.95. The van der Waals surface area contributed by atoms with Crippen molar-refractivity contribution in [3.05, 3.63) is 66.0 Å². The minimum absolute atomic E-state index is 0.262. The van der Waals surface area contributed by atoms with Gasteiger partial charge in [-0.3, -0.25) is 9.59 Å². The molecular weight excluding hydrogens is 250 g/mol. The molecule has 3 nitrogen and oxygen atoms in total. The first-order valence-electron chi connectivity index (χ1n) is 6.22. The van der Waals surface area contributed by atoms with Crippen LogP contribution in [0.3, 0.4) is 0 Å². The van der Waals surface area contributed by atoms with Gasteiger partial charge in [-0.25, -0.2) is 4.98 Å². The first-order valence-corrected chi connectivity index (χ1v) is 6.22. The third-order valence-electron chi connectivity index (χ3n) is 3.21. The average molecular weight is 261 g/mol. The van der Waals surface area contributed by atoms with Crippen molar-refractivity contribution in [3.8, 4) is 11.1 Å². The van der Waals surface area contributed by atoms with Gasteiger partial charge in [0.05, 0.1) is 0 Å². The summed E-state index contributed by atoms with van der Waals surface area (Å²) in [6.45, 7) is 0. The quantitative estimate of drug-likeness (QED) is 0.677. The van der Waals surface area contributed by atoms with Gasteiger partial charge >= 0.3 is 0 Å². The number of nitrogens with zero attached hydrogens (tertiary/aromatic N) is 1. The molecule has 0 spiro atoms. The highest BCUT2D eigenvalue weighted by atomic mass is 16.1. The molecule has 0 amide bonds. The van der Waals surface area contributed by atoms with E-state index in [0.29, 0.717) is 12.6 Å². The first kappa shape index (κ1) is 12.2. The second-order valence-electron chi connectivity index (χ2n) is 4.47. The van der Waals surface area contributed by atoms with Gasteiger partial charge < -0.3 is 0 Å². The monoisotopic (exact) mass is 261 g/mol. The molecule has 0 aliphatic carbocycles. The molecule has 0 saturated heterocycles. The summed E-state index contributed by atoms with van der Waals surface area (Å²) in [7, 11) is 0. The zero-order chi connectivity index (χ0) is 13.9. The van der Waals surface area contributed by atoms with Crippen LogP contribution in [0.2, 0.25) is 0 Å². The Morgan fingerprint density at radius 2 is 1.45 bits per heavy atom. The van der Waals surface area contributed by atoms with Crippen molar-refractivity contribution < 1.29 is 9.59 Å². The number of rotatable bonds is 3. The molecule has 0 fully saturated rings. The summed E-state index contributed by atoms with van der Waals surface area (Å²) in [4.78, 5) is 25.8. The summed E-state index contributed by atoms with van der Waals surface area (Å²) in [5.74, 6) is 0. The maximum atomic E-state index is 10.9. The van der Waals surface area contributed by atoms with Crippen molar-refractivity contribution in [2.45, 2.75) is 0 Å². The van der Waals surface area contributed by atoms with E-state index >= 15 is 0 Å². The zero-order valence-electron chi connectivity index (χ0n) is 10.6.